The summed E-state index contributed by atoms with van der Waals surface area (Å²) >= 11 is 0. The highest BCUT2D eigenvalue weighted by Crippen LogP contribution is 2.10. The van der Waals surface area contributed by atoms with Crippen molar-refractivity contribution in [2.45, 2.75) is 19.8 Å². The number of nitrogens with one attached hydrogen (secondary N) is 1. The lowest BCUT2D eigenvalue weighted by molar-refractivity contribution is 0.218. The molecule has 0 bridgehead atoms. The zero-order chi connectivity index (χ0) is 12.8. The topological polar surface area (TPSA) is 15.3 Å². The van der Waals surface area contributed by atoms with Crippen molar-refractivity contribution in [1.82, 2.24) is 10.2 Å². The fourth-order valence-electron chi connectivity index (χ4n) is 2.56. The van der Waals surface area contributed by atoms with Crippen molar-refractivity contribution in [2.24, 2.45) is 5.92 Å². The van der Waals surface area contributed by atoms with Crippen LogP contribution in [0.3, 0.4) is 0 Å². The Morgan fingerprint density at radius 3 is 3.06 bits per heavy atom. The Bertz CT molecular complexity index is 367. The summed E-state index contributed by atoms with van der Waals surface area (Å²) in [5, 5.41) is 3.45. The molecular weight excluding hydrogens is 227 g/mol. The van der Waals surface area contributed by atoms with E-state index < -0.39 is 0 Å². The SMILES string of the molecule is CC1CNCCCN(CCc2ccccc2F)C1. The van der Waals surface area contributed by atoms with E-state index in [1.54, 1.807) is 12.1 Å². The molecule has 100 valence electrons. The lowest BCUT2D eigenvalue weighted by Crippen LogP contribution is -2.39. The van der Waals surface area contributed by atoms with Crippen LogP contribution in [0.25, 0.3) is 0 Å². The largest absolute Gasteiger partial charge is 0.316 e. The van der Waals surface area contributed by atoms with Crippen LogP contribution in [0.1, 0.15) is 18.9 Å². The van der Waals surface area contributed by atoms with Gasteiger partial charge in [0.2, 0.25) is 0 Å². The molecular formula is C15H23FN2. The Morgan fingerprint density at radius 1 is 1.39 bits per heavy atom. The van der Waals surface area contributed by atoms with Crippen LogP contribution in [0.5, 0.6) is 0 Å². The molecule has 1 saturated heterocycles. The molecule has 1 atom stereocenters. The second-order valence-corrected chi connectivity index (χ2v) is 5.30. The predicted octanol–water partition coefficient (Wildman–Crippen LogP) is 2.30. The lowest BCUT2D eigenvalue weighted by Gasteiger charge is -2.28. The van der Waals surface area contributed by atoms with Crippen LogP contribution in [-0.4, -0.2) is 37.6 Å². The van der Waals surface area contributed by atoms with Crippen LogP contribution in [0.15, 0.2) is 24.3 Å². The summed E-state index contributed by atoms with van der Waals surface area (Å²) in [6.07, 6.45) is 2.00. The first kappa shape index (κ1) is 13.5. The molecule has 1 aromatic carbocycles. The van der Waals surface area contributed by atoms with E-state index in [1.807, 2.05) is 12.1 Å². The maximum atomic E-state index is 13.5. The molecule has 1 unspecified atom stereocenters. The fourth-order valence-corrected chi connectivity index (χ4v) is 2.56. The monoisotopic (exact) mass is 250 g/mol. The van der Waals surface area contributed by atoms with Gasteiger partial charge in [0.05, 0.1) is 0 Å². The van der Waals surface area contributed by atoms with Crippen LogP contribution in [-0.2, 0) is 6.42 Å². The molecule has 0 radical (unpaired) electrons. The van der Waals surface area contributed by atoms with Gasteiger partial charge in [-0.3, -0.25) is 0 Å². The molecule has 1 aliphatic rings. The summed E-state index contributed by atoms with van der Waals surface area (Å²) in [7, 11) is 0. The first-order valence-corrected chi connectivity index (χ1v) is 6.92. The predicted molar refractivity (Wildman–Crippen MR) is 73.2 cm³/mol. The van der Waals surface area contributed by atoms with Gasteiger partial charge in [-0.1, -0.05) is 25.1 Å². The number of halogens is 1. The normalized spacial score (nSPS) is 22.4. The Kier molecular flexibility index (Phi) is 5.14. The van der Waals surface area contributed by atoms with Crippen molar-refractivity contribution in [3.05, 3.63) is 35.6 Å². The molecule has 1 heterocycles. The number of benzene rings is 1. The number of nitrogens with zero attached hydrogens (tertiary/aromatic N) is 1. The highest BCUT2D eigenvalue weighted by molar-refractivity contribution is 5.17. The third kappa shape index (κ3) is 4.07. The molecule has 1 N–H and O–H groups in total. The Balaban J connectivity index is 1.86. The van der Waals surface area contributed by atoms with Crippen molar-refractivity contribution < 1.29 is 4.39 Å². The van der Waals surface area contributed by atoms with E-state index >= 15 is 0 Å². The third-order valence-corrected chi connectivity index (χ3v) is 3.55. The minimum Gasteiger partial charge on any atom is -0.316 e. The van der Waals surface area contributed by atoms with E-state index in [2.05, 4.69) is 17.1 Å². The minimum absolute atomic E-state index is 0.0701. The van der Waals surface area contributed by atoms with Crippen molar-refractivity contribution >= 4 is 0 Å². The van der Waals surface area contributed by atoms with Crippen molar-refractivity contribution in [1.29, 1.82) is 0 Å². The summed E-state index contributed by atoms with van der Waals surface area (Å²) in [4.78, 5) is 2.47. The second-order valence-electron chi connectivity index (χ2n) is 5.30. The van der Waals surface area contributed by atoms with E-state index in [0.717, 1.165) is 44.7 Å². The smallest absolute Gasteiger partial charge is 0.126 e. The second kappa shape index (κ2) is 6.86. The van der Waals surface area contributed by atoms with E-state index in [9.17, 15) is 4.39 Å². The summed E-state index contributed by atoms with van der Waals surface area (Å²) in [6, 6.07) is 7.11. The van der Waals surface area contributed by atoms with Gasteiger partial charge < -0.3 is 10.2 Å². The first-order chi connectivity index (χ1) is 8.75. The van der Waals surface area contributed by atoms with Crippen LogP contribution >= 0.6 is 0 Å². The van der Waals surface area contributed by atoms with Crippen LogP contribution in [0.2, 0.25) is 0 Å². The number of hydrogen-bond donors (Lipinski definition) is 1. The molecule has 2 nitrogen and oxygen atoms in total. The van der Waals surface area contributed by atoms with Crippen LogP contribution in [0.4, 0.5) is 4.39 Å². The Labute approximate surface area is 109 Å². The van der Waals surface area contributed by atoms with E-state index in [1.165, 1.54) is 6.42 Å². The van der Waals surface area contributed by atoms with Gasteiger partial charge in [0.15, 0.2) is 0 Å². The van der Waals surface area contributed by atoms with Crippen LogP contribution in [0, 0.1) is 11.7 Å². The standard InChI is InChI=1S/C15H23FN2/c1-13-11-17-8-4-9-18(12-13)10-7-14-5-2-3-6-15(14)16/h2-3,5-6,13,17H,4,7-12H2,1H3. The summed E-state index contributed by atoms with van der Waals surface area (Å²) in [6.45, 7) is 7.66. The van der Waals surface area contributed by atoms with Gasteiger partial charge in [-0.25, -0.2) is 4.39 Å². The average molecular weight is 250 g/mol. The zero-order valence-corrected chi connectivity index (χ0v) is 11.2. The van der Waals surface area contributed by atoms with Gasteiger partial charge in [-0.2, -0.15) is 0 Å². The minimum atomic E-state index is -0.0701. The fraction of sp³-hybridized carbons (Fsp3) is 0.600. The maximum absolute atomic E-state index is 13.5. The molecule has 3 heteroatoms. The Hall–Kier alpha value is -0.930. The quantitative estimate of drug-likeness (QED) is 0.885. The molecule has 0 saturated carbocycles. The summed E-state index contributed by atoms with van der Waals surface area (Å²) in [5.74, 6) is 0.602. The average Bonchev–Trinajstić information content (AvgIpc) is 2.33. The van der Waals surface area contributed by atoms with Gasteiger partial charge in [0.1, 0.15) is 5.82 Å². The molecule has 0 spiro atoms. The lowest BCUT2D eigenvalue weighted by atomic mass is 10.1. The highest BCUT2D eigenvalue weighted by atomic mass is 19.1. The third-order valence-electron chi connectivity index (χ3n) is 3.55. The zero-order valence-electron chi connectivity index (χ0n) is 11.2. The molecule has 1 aliphatic heterocycles. The van der Waals surface area contributed by atoms with Crippen LogP contribution < -0.4 is 5.32 Å². The van der Waals surface area contributed by atoms with Gasteiger partial charge in [0, 0.05) is 13.1 Å². The molecule has 0 amide bonds. The van der Waals surface area contributed by atoms with Crippen molar-refractivity contribution in [2.75, 3.05) is 32.7 Å². The van der Waals surface area contributed by atoms with E-state index in [-0.39, 0.29) is 5.82 Å². The summed E-state index contributed by atoms with van der Waals surface area (Å²) < 4.78 is 13.5. The van der Waals surface area contributed by atoms with Crippen molar-refractivity contribution in [3.8, 4) is 0 Å². The van der Waals surface area contributed by atoms with Gasteiger partial charge in [-0.05, 0) is 50.0 Å². The van der Waals surface area contributed by atoms with Gasteiger partial charge >= 0.3 is 0 Å². The molecule has 2 rings (SSSR count). The number of hydrogen-bond acceptors (Lipinski definition) is 2. The molecule has 18 heavy (non-hydrogen) atoms. The number of rotatable bonds is 3. The van der Waals surface area contributed by atoms with E-state index in [0.29, 0.717) is 5.92 Å². The van der Waals surface area contributed by atoms with Crippen molar-refractivity contribution in [3.63, 3.8) is 0 Å². The Morgan fingerprint density at radius 2 is 2.22 bits per heavy atom. The summed E-state index contributed by atoms with van der Waals surface area (Å²) in [5.41, 5.74) is 0.838. The van der Waals surface area contributed by atoms with E-state index in [4.69, 9.17) is 0 Å². The first-order valence-electron chi connectivity index (χ1n) is 6.92. The van der Waals surface area contributed by atoms with Gasteiger partial charge in [-0.15, -0.1) is 0 Å². The van der Waals surface area contributed by atoms with Gasteiger partial charge in [0.25, 0.3) is 0 Å². The molecule has 0 aliphatic carbocycles. The molecule has 1 aromatic rings. The highest BCUT2D eigenvalue weighted by Gasteiger charge is 2.13. The molecule has 0 aromatic heterocycles. The maximum Gasteiger partial charge on any atom is 0.126 e. The molecule has 1 fully saturated rings.